The van der Waals surface area contributed by atoms with Gasteiger partial charge in [0.2, 0.25) is 0 Å². The van der Waals surface area contributed by atoms with Crippen LogP contribution in [0.1, 0.15) is 12.8 Å². The number of aromatic nitrogens is 1. The molecule has 1 aliphatic rings. The molecular weight excluding hydrogens is 327 g/mol. The molecule has 4 heteroatoms. The Hall–Kier alpha value is -2.59. The summed E-state index contributed by atoms with van der Waals surface area (Å²) in [5.41, 5.74) is 3.75. The van der Waals surface area contributed by atoms with Crippen molar-refractivity contribution in [1.29, 1.82) is 0 Å². The van der Waals surface area contributed by atoms with E-state index in [1.165, 1.54) is 37.5 Å². The van der Waals surface area contributed by atoms with Gasteiger partial charge in [-0.25, -0.2) is 4.39 Å². The second-order valence-electron chi connectivity index (χ2n) is 7.09. The largest absolute Gasteiger partial charge is 0.464 e. The number of furan rings is 1. The SMILES string of the molecule is Fc1cc(-c2cccc3c2ccn3CCN2CCCC2)c2occc2c1. The third-order valence-electron chi connectivity index (χ3n) is 5.48. The lowest BCUT2D eigenvalue weighted by Crippen LogP contribution is -2.23. The van der Waals surface area contributed by atoms with Gasteiger partial charge >= 0.3 is 0 Å². The van der Waals surface area contributed by atoms with Gasteiger partial charge in [-0.1, -0.05) is 12.1 Å². The summed E-state index contributed by atoms with van der Waals surface area (Å²) < 4.78 is 22.1. The van der Waals surface area contributed by atoms with Gasteiger partial charge in [0, 0.05) is 41.1 Å². The van der Waals surface area contributed by atoms with E-state index in [9.17, 15) is 4.39 Å². The Labute approximate surface area is 151 Å². The maximum absolute atomic E-state index is 14.1. The van der Waals surface area contributed by atoms with E-state index in [0.29, 0.717) is 0 Å². The van der Waals surface area contributed by atoms with E-state index in [-0.39, 0.29) is 5.82 Å². The molecule has 0 amide bonds. The lowest BCUT2D eigenvalue weighted by atomic mass is 10.00. The van der Waals surface area contributed by atoms with Gasteiger partial charge < -0.3 is 13.9 Å². The number of nitrogens with zero attached hydrogens (tertiary/aromatic N) is 2. The summed E-state index contributed by atoms with van der Waals surface area (Å²) in [5, 5.41) is 1.93. The van der Waals surface area contributed by atoms with Gasteiger partial charge in [-0.2, -0.15) is 0 Å². The molecule has 0 unspecified atom stereocenters. The number of halogens is 1. The first-order chi connectivity index (χ1) is 12.8. The van der Waals surface area contributed by atoms with Crippen molar-refractivity contribution in [3.8, 4) is 11.1 Å². The highest BCUT2D eigenvalue weighted by Crippen LogP contribution is 2.35. The van der Waals surface area contributed by atoms with Crippen molar-refractivity contribution >= 4 is 21.9 Å². The molecule has 26 heavy (non-hydrogen) atoms. The fourth-order valence-corrected chi connectivity index (χ4v) is 4.15. The molecule has 0 atom stereocenters. The molecule has 2 aromatic heterocycles. The van der Waals surface area contributed by atoms with Crippen LogP contribution in [0.2, 0.25) is 0 Å². The van der Waals surface area contributed by atoms with Crippen molar-refractivity contribution < 1.29 is 8.81 Å². The molecule has 1 fully saturated rings. The summed E-state index contributed by atoms with van der Waals surface area (Å²) in [6.07, 6.45) is 6.39. The highest BCUT2D eigenvalue weighted by Gasteiger charge is 2.15. The van der Waals surface area contributed by atoms with Gasteiger partial charge in [0.05, 0.1) is 6.26 Å². The van der Waals surface area contributed by atoms with Crippen molar-refractivity contribution in [3.05, 3.63) is 60.7 Å². The summed E-state index contributed by atoms with van der Waals surface area (Å²) >= 11 is 0. The summed E-state index contributed by atoms with van der Waals surface area (Å²) in [4.78, 5) is 2.52. The van der Waals surface area contributed by atoms with Crippen molar-refractivity contribution in [2.75, 3.05) is 19.6 Å². The zero-order chi connectivity index (χ0) is 17.5. The predicted molar refractivity (Wildman–Crippen MR) is 103 cm³/mol. The maximum atomic E-state index is 14.1. The zero-order valence-electron chi connectivity index (χ0n) is 14.6. The molecule has 0 saturated carbocycles. The first-order valence-electron chi connectivity index (χ1n) is 9.27. The molecule has 1 aliphatic heterocycles. The Balaban J connectivity index is 1.57. The van der Waals surface area contributed by atoms with Crippen molar-refractivity contribution in [3.63, 3.8) is 0 Å². The minimum absolute atomic E-state index is 0.237. The highest BCUT2D eigenvalue weighted by molar-refractivity contribution is 6.02. The van der Waals surface area contributed by atoms with Crippen LogP contribution in [0, 0.1) is 5.82 Å². The molecule has 3 heterocycles. The lowest BCUT2D eigenvalue weighted by Gasteiger charge is -2.15. The Kier molecular flexibility index (Phi) is 3.79. The smallest absolute Gasteiger partial charge is 0.141 e. The van der Waals surface area contributed by atoms with E-state index >= 15 is 0 Å². The van der Waals surface area contributed by atoms with Crippen LogP contribution < -0.4 is 0 Å². The molecule has 5 rings (SSSR count). The van der Waals surface area contributed by atoms with E-state index in [4.69, 9.17) is 4.42 Å². The van der Waals surface area contributed by atoms with Crippen molar-refractivity contribution in [1.82, 2.24) is 9.47 Å². The van der Waals surface area contributed by atoms with Gasteiger partial charge in [-0.15, -0.1) is 0 Å². The van der Waals surface area contributed by atoms with Gasteiger partial charge in [-0.3, -0.25) is 0 Å². The molecule has 0 radical (unpaired) electrons. The number of hydrogen-bond acceptors (Lipinski definition) is 2. The molecule has 0 bridgehead atoms. The molecular formula is C22H21FN2O. The summed E-state index contributed by atoms with van der Waals surface area (Å²) in [7, 11) is 0. The molecule has 4 aromatic rings. The van der Waals surface area contributed by atoms with Crippen molar-refractivity contribution in [2.24, 2.45) is 0 Å². The van der Waals surface area contributed by atoms with Gasteiger partial charge in [0.25, 0.3) is 0 Å². The minimum atomic E-state index is -0.237. The average molecular weight is 348 g/mol. The Bertz CT molecular complexity index is 1070. The van der Waals surface area contributed by atoms with E-state index in [2.05, 4.69) is 27.8 Å². The lowest BCUT2D eigenvalue weighted by molar-refractivity contribution is 0.324. The van der Waals surface area contributed by atoms with Gasteiger partial charge in [0.15, 0.2) is 0 Å². The van der Waals surface area contributed by atoms with Crippen LogP contribution in [0.25, 0.3) is 33.0 Å². The second kappa shape index (κ2) is 6.29. The third-order valence-corrected chi connectivity index (χ3v) is 5.48. The number of rotatable bonds is 4. The van der Waals surface area contributed by atoms with Crippen molar-refractivity contribution in [2.45, 2.75) is 19.4 Å². The predicted octanol–water partition coefficient (Wildman–Crippen LogP) is 5.29. The van der Waals surface area contributed by atoms with E-state index in [1.807, 2.05) is 18.2 Å². The maximum Gasteiger partial charge on any atom is 0.141 e. The average Bonchev–Trinajstić information content (AvgIpc) is 3.39. The van der Waals surface area contributed by atoms with Gasteiger partial charge in [-0.05, 0) is 61.8 Å². The molecule has 0 N–H and O–H groups in total. The fourth-order valence-electron chi connectivity index (χ4n) is 4.15. The molecule has 1 saturated heterocycles. The van der Waals surface area contributed by atoms with E-state index < -0.39 is 0 Å². The zero-order valence-corrected chi connectivity index (χ0v) is 14.6. The second-order valence-corrected chi connectivity index (χ2v) is 7.09. The first-order valence-corrected chi connectivity index (χ1v) is 9.27. The normalized spacial score (nSPS) is 15.4. The summed E-state index contributed by atoms with van der Waals surface area (Å²) in [6, 6.07) is 13.3. The summed E-state index contributed by atoms with van der Waals surface area (Å²) in [5.74, 6) is -0.237. The van der Waals surface area contributed by atoms with Crippen LogP contribution in [-0.4, -0.2) is 29.1 Å². The van der Waals surface area contributed by atoms with Crippen LogP contribution >= 0.6 is 0 Å². The molecule has 3 nitrogen and oxygen atoms in total. The van der Waals surface area contributed by atoms with Crippen LogP contribution in [-0.2, 0) is 6.54 Å². The topological polar surface area (TPSA) is 21.3 Å². The number of benzene rings is 2. The minimum Gasteiger partial charge on any atom is -0.464 e. The standard InChI is InChI=1S/C22H21FN2O/c23-17-14-16-7-13-26-22(16)20(15-17)18-4-3-5-21-19(18)6-10-25(21)12-11-24-8-1-2-9-24/h3-7,10,13-15H,1-2,8-9,11-12H2. The Morgan fingerprint density at radius 2 is 1.85 bits per heavy atom. The highest BCUT2D eigenvalue weighted by atomic mass is 19.1. The summed E-state index contributed by atoms with van der Waals surface area (Å²) in [6.45, 7) is 4.48. The third kappa shape index (κ3) is 2.61. The number of fused-ring (bicyclic) bond motifs is 2. The molecule has 132 valence electrons. The Morgan fingerprint density at radius 3 is 2.73 bits per heavy atom. The number of hydrogen-bond donors (Lipinski definition) is 0. The van der Waals surface area contributed by atoms with Crippen LogP contribution in [0.4, 0.5) is 4.39 Å². The molecule has 0 spiro atoms. The van der Waals surface area contributed by atoms with E-state index in [1.54, 1.807) is 12.3 Å². The monoisotopic (exact) mass is 348 g/mol. The molecule has 2 aromatic carbocycles. The fraction of sp³-hybridized carbons (Fsp3) is 0.273. The first kappa shape index (κ1) is 15.6. The van der Waals surface area contributed by atoms with Crippen LogP contribution in [0.15, 0.2) is 59.3 Å². The quantitative estimate of drug-likeness (QED) is 0.500. The van der Waals surface area contributed by atoms with Crippen LogP contribution in [0.3, 0.4) is 0 Å². The van der Waals surface area contributed by atoms with E-state index in [0.717, 1.165) is 40.6 Å². The van der Waals surface area contributed by atoms with Gasteiger partial charge in [0.1, 0.15) is 11.4 Å². The van der Waals surface area contributed by atoms with Crippen LogP contribution in [0.5, 0.6) is 0 Å². The Morgan fingerprint density at radius 1 is 0.962 bits per heavy atom. The molecule has 0 aliphatic carbocycles. The number of likely N-dealkylation sites (tertiary alicyclic amines) is 1.